The van der Waals surface area contributed by atoms with E-state index >= 15 is 0 Å². The summed E-state index contributed by atoms with van der Waals surface area (Å²) in [6, 6.07) is 20.6. The van der Waals surface area contributed by atoms with Gasteiger partial charge in [-0.2, -0.15) is 0 Å². The number of rotatable bonds is 8. The number of hydrogen-bond donors (Lipinski definition) is 3. The summed E-state index contributed by atoms with van der Waals surface area (Å²) in [6.07, 6.45) is 5.61. The average molecular weight is 334 g/mol. The van der Waals surface area contributed by atoms with Crippen molar-refractivity contribution >= 4 is 0 Å². The molecule has 3 rings (SSSR count). The van der Waals surface area contributed by atoms with E-state index in [1.807, 2.05) is 30.5 Å². The van der Waals surface area contributed by atoms with E-state index in [4.69, 9.17) is 11.5 Å². The van der Waals surface area contributed by atoms with Crippen LogP contribution in [0.3, 0.4) is 0 Å². The zero-order valence-corrected chi connectivity index (χ0v) is 14.4. The molecule has 130 valence electrons. The van der Waals surface area contributed by atoms with Crippen molar-refractivity contribution in [2.45, 2.75) is 37.8 Å². The number of aromatic nitrogens is 2. The maximum atomic E-state index is 6.29. The molecule has 4 heteroatoms. The van der Waals surface area contributed by atoms with Crippen LogP contribution in [0.4, 0.5) is 0 Å². The zero-order chi connectivity index (χ0) is 17.5. The minimum absolute atomic E-state index is 0.0820. The molecule has 2 unspecified atom stereocenters. The van der Waals surface area contributed by atoms with Crippen LogP contribution < -0.4 is 11.5 Å². The molecule has 0 aliphatic rings. The molecule has 25 heavy (non-hydrogen) atoms. The van der Waals surface area contributed by atoms with Gasteiger partial charge < -0.3 is 16.5 Å². The minimum Gasteiger partial charge on any atom is -0.341 e. The van der Waals surface area contributed by atoms with Crippen LogP contribution in [-0.4, -0.2) is 16.0 Å². The van der Waals surface area contributed by atoms with Crippen LogP contribution in [0.2, 0.25) is 0 Å². The topological polar surface area (TPSA) is 80.7 Å². The van der Waals surface area contributed by atoms with Gasteiger partial charge in [0, 0.05) is 6.04 Å². The van der Waals surface area contributed by atoms with Gasteiger partial charge in [0.25, 0.3) is 0 Å². The Labute approximate surface area is 149 Å². The second-order valence-electron chi connectivity index (χ2n) is 6.54. The molecule has 0 aliphatic heterocycles. The van der Waals surface area contributed by atoms with E-state index in [0.29, 0.717) is 0 Å². The first-order valence-corrected chi connectivity index (χ1v) is 8.88. The Morgan fingerprint density at radius 3 is 2.28 bits per heavy atom. The Kier molecular flexibility index (Phi) is 5.99. The first-order chi connectivity index (χ1) is 12.2. The van der Waals surface area contributed by atoms with Crippen LogP contribution in [0.25, 0.3) is 11.3 Å². The lowest BCUT2D eigenvalue weighted by atomic mass is 10.00. The third-order valence-corrected chi connectivity index (χ3v) is 4.46. The van der Waals surface area contributed by atoms with E-state index in [2.05, 4.69) is 46.4 Å². The Hall–Kier alpha value is -2.43. The van der Waals surface area contributed by atoms with Gasteiger partial charge >= 0.3 is 0 Å². The molecule has 0 radical (unpaired) electrons. The standard InChI is InChI=1S/C21H26N4/c22-18(14-16-8-3-1-4-9-16)12-7-13-19(23)21-24-15-20(25-21)17-10-5-2-6-11-17/h1-6,8-11,15,18-19H,7,12-14,22-23H2,(H,24,25). The number of nitrogens with two attached hydrogens (primary N) is 2. The summed E-state index contributed by atoms with van der Waals surface area (Å²) in [6.45, 7) is 0. The first-order valence-electron chi connectivity index (χ1n) is 8.88. The third kappa shape index (κ3) is 5.02. The minimum atomic E-state index is -0.0820. The zero-order valence-electron chi connectivity index (χ0n) is 14.4. The van der Waals surface area contributed by atoms with Crippen molar-refractivity contribution in [3.05, 3.63) is 78.2 Å². The molecular formula is C21H26N4. The normalized spacial score (nSPS) is 13.5. The lowest BCUT2D eigenvalue weighted by Crippen LogP contribution is -2.23. The second-order valence-corrected chi connectivity index (χ2v) is 6.54. The van der Waals surface area contributed by atoms with Crippen molar-refractivity contribution in [1.29, 1.82) is 0 Å². The van der Waals surface area contributed by atoms with Crippen LogP contribution >= 0.6 is 0 Å². The fourth-order valence-corrected chi connectivity index (χ4v) is 3.05. The second kappa shape index (κ2) is 8.60. The molecule has 0 saturated carbocycles. The van der Waals surface area contributed by atoms with E-state index < -0.39 is 0 Å². The maximum absolute atomic E-state index is 6.29. The summed E-state index contributed by atoms with van der Waals surface area (Å²) < 4.78 is 0. The van der Waals surface area contributed by atoms with Crippen molar-refractivity contribution < 1.29 is 0 Å². The summed E-state index contributed by atoms with van der Waals surface area (Å²) >= 11 is 0. The first kappa shape index (κ1) is 17.4. The van der Waals surface area contributed by atoms with Gasteiger partial charge in [-0.05, 0) is 36.8 Å². The van der Waals surface area contributed by atoms with Gasteiger partial charge in [0.1, 0.15) is 5.82 Å². The van der Waals surface area contributed by atoms with Gasteiger partial charge in [0.05, 0.1) is 17.9 Å². The van der Waals surface area contributed by atoms with E-state index in [9.17, 15) is 0 Å². The molecule has 2 aromatic carbocycles. The van der Waals surface area contributed by atoms with Gasteiger partial charge in [-0.15, -0.1) is 0 Å². The molecule has 0 amide bonds. The van der Waals surface area contributed by atoms with E-state index in [-0.39, 0.29) is 12.1 Å². The Balaban J connectivity index is 1.46. The van der Waals surface area contributed by atoms with Gasteiger partial charge in [0.15, 0.2) is 0 Å². The Morgan fingerprint density at radius 2 is 1.56 bits per heavy atom. The lowest BCUT2D eigenvalue weighted by molar-refractivity contribution is 0.515. The number of nitrogens with one attached hydrogen (secondary N) is 1. The van der Waals surface area contributed by atoms with Crippen LogP contribution in [0.5, 0.6) is 0 Å². The number of H-pyrrole nitrogens is 1. The lowest BCUT2D eigenvalue weighted by Gasteiger charge is -2.13. The number of nitrogens with zero attached hydrogens (tertiary/aromatic N) is 1. The molecule has 4 nitrogen and oxygen atoms in total. The summed E-state index contributed by atoms with van der Waals surface area (Å²) in [7, 11) is 0. The fourth-order valence-electron chi connectivity index (χ4n) is 3.05. The molecule has 5 N–H and O–H groups in total. The van der Waals surface area contributed by atoms with Crippen molar-refractivity contribution in [2.24, 2.45) is 11.5 Å². The average Bonchev–Trinajstić information content (AvgIpc) is 3.13. The monoisotopic (exact) mass is 334 g/mol. The van der Waals surface area contributed by atoms with Crippen molar-refractivity contribution in [2.75, 3.05) is 0 Å². The van der Waals surface area contributed by atoms with Gasteiger partial charge in [-0.1, -0.05) is 60.7 Å². The quantitative estimate of drug-likeness (QED) is 0.586. The summed E-state index contributed by atoms with van der Waals surface area (Å²) in [5.41, 5.74) is 16.0. The summed E-state index contributed by atoms with van der Waals surface area (Å²) in [5, 5.41) is 0. The van der Waals surface area contributed by atoms with Crippen molar-refractivity contribution in [3.63, 3.8) is 0 Å². The molecule has 0 saturated heterocycles. The number of imidazole rings is 1. The van der Waals surface area contributed by atoms with Crippen molar-refractivity contribution in [1.82, 2.24) is 9.97 Å². The van der Waals surface area contributed by atoms with Crippen LogP contribution in [0.15, 0.2) is 66.9 Å². The Bertz CT molecular complexity index is 752. The van der Waals surface area contributed by atoms with Crippen LogP contribution in [0, 0.1) is 0 Å². The smallest absolute Gasteiger partial charge is 0.123 e. The van der Waals surface area contributed by atoms with Crippen LogP contribution in [0.1, 0.15) is 36.7 Å². The van der Waals surface area contributed by atoms with Gasteiger partial charge in [-0.25, -0.2) is 4.98 Å². The largest absolute Gasteiger partial charge is 0.341 e. The number of aromatic amines is 1. The van der Waals surface area contributed by atoms with Gasteiger partial charge in [0.2, 0.25) is 0 Å². The number of benzene rings is 2. The molecule has 1 heterocycles. The van der Waals surface area contributed by atoms with E-state index in [0.717, 1.165) is 42.8 Å². The molecule has 3 aromatic rings. The predicted molar refractivity (Wildman–Crippen MR) is 103 cm³/mol. The Morgan fingerprint density at radius 1 is 0.880 bits per heavy atom. The highest BCUT2D eigenvalue weighted by Gasteiger charge is 2.12. The highest BCUT2D eigenvalue weighted by molar-refractivity contribution is 5.58. The van der Waals surface area contributed by atoms with E-state index in [1.54, 1.807) is 0 Å². The molecule has 0 aliphatic carbocycles. The van der Waals surface area contributed by atoms with E-state index in [1.165, 1.54) is 5.56 Å². The summed E-state index contributed by atoms with van der Waals surface area (Å²) in [4.78, 5) is 7.79. The highest BCUT2D eigenvalue weighted by atomic mass is 15.0. The molecule has 0 spiro atoms. The van der Waals surface area contributed by atoms with Crippen LogP contribution in [-0.2, 0) is 6.42 Å². The SMILES string of the molecule is NC(CCCC(N)c1ncc(-c2ccccc2)[nH]1)Cc1ccccc1. The third-order valence-electron chi connectivity index (χ3n) is 4.46. The van der Waals surface area contributed by atoms with Crippen molar-refractivity contribution in [3.8, 4) is 11.3 Å². The molecular weight excluding hydrogens is 308 g/mol. The summed E-state index contributed by atoms with van der Waals surface area (Å²) in [5.74, 6) is 0.843. The maximum Gasteiger partial charge on any atom is 0.123 e. The molecule has 1 aromatic heterocycles. The molecule has 0 fully saturated rings. The predicted octanol–water partition coefficient (Wildman–Crippen LogP) is 3.82. The highest BCUT2D eigenvalue weighted by Crippen LogP contribution is 2.20. The molecule has 0 bridgehead atoms. The fraction of sp³-hybridized carbons (Fsp3) is 0.286. The van der Waals surface area contributed by atoms with Gasteiger partial charge in [-0.3, -0.25) is 0 Å². The molecule has 2 atom stereocenters. The number of hydrogen-bond acceptors (Lipinski definition) is 3.